The number of alkyl carbamates (subject to hydrolysis) is 2. The SMILES string of the molecule is COC(=O)c1coc([C@H](C)NC(=O)c2coc([C@H](CCCNC(=O)OCc3ccccc3)NC(=O)OCC3c4ccccc4-c4ccccc43)n2)n1. The Kier molecular flexibility index (Phi) is 11.2. The Morgan fingerprint density at radius 1 is 0.769 bits per heavy atom. The molecule has 268 valence electrons. The van der Waals surface area contributed by atoms with Crippen molar-refractivity contribution in [3.63, 3.8) is 0 Å². The molecule has 0 aliphatic heterocycles. The number of amides is 3. The highest BCUT2D eigenvalue weighted by Gasteiger charge is 2.30. The van der Waals surface area contributed by atoms with E-state index in [2.05, 4.69) is 42.8 Å². The normalized spacial score (nSPS) is 12.9. The molecule has 6 rings (SSSR count). The second-order valence-electron chi connectivity index (χ2n) is 12.0. The van der Waals surface area contributed by atoms with Crippen LogP contribution in [0.1, 0.15) is 87.2 Å². The first-order chi connectivity index (χ1) is 25.3. The molecule has 3 N–H and O–H groups in total. The molecule has 14 heteroatoms. The van der Waals surface area contributed by atoms with Crippen molar-refractivity contribution in [3.05, 3.63) is 131 Å². The number of aromatic nitrogens is 2. The largest absolute Gasteiger partial charge is 0.464 e. The molecule has 0 unspecified atom stereocenters. The van der Waals surface area contributed by atoms with Crippen molar-refractivity contribution < 1.29 is 42.2 Å². The van der Waals surface area contributed by atoms with Gasteiger partial charge >= 0.3 is 18.2 Å². The van der Waals surface area contributed by atoms with E-state index in [1.54, 1.807) is 6.92 Å². The van der Waals surface area contributed by atoms with Crippen molar-refractivity contribution in [2.75, 3.05) is 20.3 Å². The molecule has 0 radical (unpaired) electrons. The second-order valence-corrected chi connectivity index (χ2v) is 12.0. The Morgan fingerprint density at radius 2 is 1.40 bits per heavy atom. The van der Waals surface area contributed by atoms with Crippen LogP contribution in [0.3, 0.4) is 0 Å². The summed E-state index contributed by atoms with van der Waals surface area (Å²) in [7, 11) is 1.22. The maximum absolute atomic E-state index is 13.3. The van der Waals surface area contributed by atoms with E-state index >= 15 is 0 Å². The maximum atomic E-state index is 13.3. The van der Waals surface area contributed by atoms with Crippen molar-refractivity contribution in [3.8, 4) is 11.1 Å². The van der Waals surface area contributed by atoms with Gasteiger partial charge in [-0.25, -0.2) is 24.4 Å². The highest BCUT2D eigenvalue weighted by molar-refractivity contribution is 5.92. The van der Waals surface area contributed by atoms with Gasteiger partial charge in [0.05, 0.1) is 7.11 Å². The Labute approximate surface area is 298 Å². The van der Waals surface area contributed by atoms with Crippen molar-refractivity contribution in [2.24, 2.45) is 0 Å². The molecule has 2 aromatic heterocycles. The summed E-state index contributed by atoms with van der Waals surface area (Å²) in [5, 5.41) is 8.21. The summed E-state index contributed by atoms with van der Waals surface area (Å²) in [5.74, 6) is -1.29. The molecule has 2 atom stereocenters. The predicted octanol–water partition coefficient (Wildman–Crippen LogP) is 6.23. The highest BCUT2D eigenvalue weighted by atomic mass is 16.6. The van der Waals surface area contributed by atoms with Crippen LogP contribution in [0.5, 0.6) is 0 Å². The number of hydrogen-bond donors (Lipinski definition) is 3. The van der Waals surface area contributed by atoms with Crippen LogP contribution in [-0.4, -0.2) is 54.3 Å². The van der Waals surface area contributed by atoms with Gasteiger partial charge in [0.15, 0.2) is 11.4 Å². The minimum absolute atomic E-state index is 0.0385. The lowest BCUT2D eigenvalue weighted by Crippen LogP contribution is -2.32. The Hall–Kier alpha value is -6.44. The fraction of sp³-hybridized carbons (Fsp3) is 0.263. The first-order valence-electron chi connectivity index (χ1n) is 16.7. The van der Waals surface area contributed by atoms with Crippen LogP contribution in [0.25, 0.3) is 11.1 Å². The van der Waals surface area contributed by atoms with E-state index in [9.17, 15) is 19.2 Å². The van der Waals surface area contributed by atoms with E-state index in [-0.39, 0.29) is 55.3 Å². The molecule has 52 heavy (non-hydrogen) atoms. The number of hydrogen-bond acceptors (Lipinski definition) is 11. The molecule has 3 amide bonds. The third kappa shape index (κ3) is 8.46. The van der Waals surface area contributed by atoms with Crippen molar-refractivity contribution in [2.45, 2.75) is 44.4 Å². The van der Waals surface area contributed by atoms with Crippen LogP contribution >= 0.6 is 0 Å². The topological polar surface area (TPSA) is 184 Å². The Bertz CT molecular complexity index is 1980. The van der Waals surface area contributed by atoms with Gasteiger partial charge < -0.3 is 39.0 Å². The summed E-state index contributed by atoms with van der Waals surface area (Å²) in [5.41, 5.74) is 5.10. The van der Waals surface area contributed by atoms with Gasteiger partial charge in [-0.2, -0.15) is 0 Å². The smallest absolute Gasteiger partial charge is 0.407 e. The molecule has 0 bridgehead atoms. The fourth-order valence-electron chi connectivity index (χ4n) is 5.88. The van der Waals surface area contributed by atoms with E-state index in [4.69, 9.17) is 18.3 Å². The van der Waals surface area contributed by atoms with Gasteiger partial charge in [0.2, 0.25) is 11.8 Å². The Balaban J connectivity index is 1.09. The van der Waals surface area contributed by atoms with E-state index in [1.165, 1.54) is 13.4 Å². The first-order valence-corrected chi connectivity index (χ1v) is 16.7. The number of oxazole rings is 2. The quantitative estimate of drug-likeness (QED) is 0.0676. The van der Waals surface area contributed by atoms with Crippen LogP contribution in [0.2, 0.25) is 0 Å². The number of esters is 1. The summed E-state index contributed by atoms with van der Waals surface area (Å²) in [6.45, 7) is 2.06. The van der Waals surface area contributed by atoms with Gasteiger partial charge in [-0.1, -0.05) is 78.9 Å². The van der Waals surface area contributed by atoms with Crippen LogP contribution < -0.4 is 16.0 Å². The van der Waals surface area contributed by atoms with E-state index in [0.717, 1.165) is 34.1 Å². The summed E-state index contributed by atoms with van der Waals surface area (Å²) in [4.78, 5) is 58.7. The summed E-state index contributed by atoms with van der Waals surface area (Å²) < 4.78 is 26.7. The molecule has 3 aromatic carbocycles. The number of nitrogens with one attached hydrogen (secondary N) is 3. The molecule has 0 saturated carbocycles. The minimum atomic E-state index is -0.814. The van der Waals surface area contributed by atoms with Crippen molar-refractivity contribution in [1.82, 2.24) is 25.9 Å². The lowest BCUT2D eigenvalue weighted by atomic mass is 9.98. The van der Waals surface area contributed by atoms with Crippen LogP contribution in [0.4, 0.5) is 9.59 Å². The predicted molar refractivity (Wildman–Crippen MR) is 185 cm³/mol. The van der Waals surface area contributed by atoms with Gasteiger partial charge in [0.1, 0.15) is 37.8 Å². The van der Waals surface area contributed by atoms with Crippen molar-refractivity contribution in [1.29, 1.82) is 0 Å². The molecule has 0 fully saturated rings. The van der Waals surface area contributed by atoms with E-state index in [0.29, 0.717) is 6.42 Å². The van der Waals surface area contributed by atoms with E-state index < -0.39 is 36.1 Å². The van der Waals surface area contributed by atoms with Crippen LogP contribution in [-0.2, 0) is 20.8 Å². The average molecular weight is 708 g/mol. The molecular weight excluding hydrogens is 670 g/mol. The number of ether oxygens (including phenoxy) is 3. The van der Waals surface area contributed by atoms with Gasteiger partial charge in [0, 0.05) is 12.5 Å². The third-order valence-corrected chi connectivity index (χ3v) is 8.47. The van der Waals surface area contributed by atoms with Crippen LogP contribution in [0, 0.1) is 0 Å². The van der Waals surface area contributed by atoms with Gasteiger partial charge in [-0.3, -0.25) is 4.79 Å². The zero-order chi connectivity index (χ0) is 36.5. The van der Waals surface area contributed by atoms with E-state index in [1.807, 2.05) is 66.7 Å². The number of rotatable bonds is 14. The monoisotopic (exact) mass is 707 g/mol. The number of methoxy groups -OCH3 is 1. The fourth-order valence-corrected chi connectivity index (χ4v) is 5.88. The number of nitrogens with zero attached hydrogens (tertiary/aromatic N) is 2. The minimum Gasteiger partial charge on any atom is -0.464 e. The van der Waals surface area contributed by atoms with Crippen molar-refractivity contribution >= 4 is 24.1 Å². The maximum Gasteiger partial charge on any atom is 0.407 e. The molecule has 0 saturated heterocycles. The zero-order valence-corrected chi connectivity index (χ0v) is 28.5. The van der Waals surface area contributed by atoms with Gasteiger partial charge in [-0.15, -0.1) is 0 Å². The zero-order valence-electron chi connectivity index (χ0n) is 28.5. The summed E-state index contributed by atoms with van der Waals surface area (Å²) >= 11 is 0. The Morgan fingerprint density at radius 3 is 2.12 bits per heavy atom. The molecule has 14 nitrogen and oxygen atoms in total. The second kappa shape index (κ2) is 16.5. The number of carbonyl (C=O) groups excluding carboxylic acids is 4. The molecule has 5 aromatic rings. The number of benzene rings is 3. The molecule has 1 aliphatic carbocycles. The summed E-state index contributed by atoms with van der Waals surface area (Å²) in [6, 6.07) is 23.8. The standard InChI is InChI=1S/C38H37N5O9/c1-23(34-42-32(22-49-34)36(45)48-2)40-33(44)31-21-50-35(41-31)30(17-10-18-39-37(46)51-19-24-11-4-3-5-12-24)43-38(47)52-20-29-27-15-8-6-13-25(27)26-14-7-9-16-28(26)29/h3-9,11-16,21-23,29-30H,10,17-20H2,1-2H3,(H,39,46)(H,40,44)(H,43,47)/t23-,30-/m0/s1. The lowest BCUT2D eigenvalue weighted by Gasteiger charge is -2.18. The molecule has 0 spiro atoms. The summed E-state index contributed by atoms with van der Waals surface area (Å²) in [6.07, 6.45) is 1.67. The average Bonchev–Trinajstić information content (AvgIpc) is 3.93. The molecular formula is C38H37N5O9. The molecule has 2 heterocycles. The third-order valence-electron chi connectivity index (χ3n) is 8.47. The number of fused-ring (bicyclic) bond motifs is 3. The number of carbonyl (C=O) groups is 4. The first kappa shape index (κ1) is 35.4. The molecule has 1 aliphatic rings. The van der Waals surface area contributed by atoms with Crippen LogP contribution in [0.15, 0.2) is 100 Å². The van der Waals surface area contributed by atoms with Gasteiger partial charge in [0.25, 0.3) is 5.91 Å². The van der Waals surface area contributed by atoms with Gasteiger partial charge in [-0.05, 0) is 47.6 Å². The lowest BCUT2D eigenvalue weighted by molar-refractivity contribution is 0.0593. The highest BCUT2D eigenvalue weighted by Crippen LogP contribution is 2.44.